The SMILES string of the molecule is CCCNCC1COCCN1CCCOC. The molecule has 0 aromatic heterocycles. The Kier molecular flexibility index (Phi) is 7.76. The van der Waals surface area contributed by atoms with Crippen LogP contribution in [-0.2, 0) is 9.47 Å². The second-order valence-electron chi connectivity index (χ2n) is 4.32. The van der Waals surface area contributed by atoms with Crippen LogP contribution in [0.3, 0.4) is 0 Å². The van der Waals surface area contributed by atoms with E-state index >= 15 is 0 Å². The van der Waals surface area contributed by atoms with E-state index in [0.717, 1.165) is 52.4 Å². The molecule has 1 unspecified atom stereocenters. The predicted octanol–water partition coefficient (Wildman–Crippen LogP) is 0.723. The molecule has 0 spiro atoms. The monoisotopic (exact) mass is 230 g/mol. The number of rotatable bonds is 8. The number of hydrogen-bond donors (Lipinski definition) is 1. The highest BCUT2D eigenvalue weighted by atomic mass is 16.5. The van der Waals surface area contributed by atoms with Gasteiger partial charge >= 0.3 is 0 Å². The number of morpholine rings is 1. The van der Waals surface area contributed by atoms with Gasteiger partial charge in [0.1, 0.15) is 0 Å². The van der Waals surface area contributed by atoms with Gasteiger partial charge in [-0.1, -0.05) is 6.92 Å². The smallest absolute Gasteiger partial charge is 0.0634 e. The minimum Gasteiger partial charge on any atom is -0.385 e. The van der Waals surface area contributed by atoms with Crippen LogP contribution in [-0.4, -0.2) is 64.1 Å². The van der Waals surface area contributed by atoms with E-state index in [4.69, 9.17) is 9.47 Å². The van der Waals surface area contributed by atoms with Gasteiger partial charge in [-0.2, -0.15) is 0 Å². The van der Waals surface area contributed by atoms with Crippen molar-refractivity contribution < 1.29 is 9.47 Å². The Bertz CT molecular complexity index is 149. The summed E-state index contributed by atoms with van der Waals surface area (Å²) in [7, 11) is 1.76. The third kappa shape index (κ3) is 5.25. The van der Waals surface area contributed by atoms with Gasteiger partial charge in [-0.05, 0) is 19.4 Å². The number of nitrogens with zero attached hydrogens (tertiary/aromatic N) is 1. The normalized spacial score (nSPS) is 22.5. The summed E-state index contributed by atoms with van der Waals surface area (Å²) in [6.45, 7) is 9.11. The van der Waals surface area contributed by atoms with Gasteiger partial charge in [0.05, 0.1) is 13.2 Å². The molecular weight excluding hydrogens is 204 g/mol. The molecule has 1 saturated heterocycles. The topological polar surface area (TPSA) is 33.7 Å². The van der Waals surface area contributed by atoms with Gasteiger partial charge in [0, 0.05) is 39.4 Å². The van der Waals surface area contributed by atoms with E-state index in [-0.39, 0.29) is 0 Å². The van der Waals surface area contributed by atoms with Gasteiger partial charge in [0.15, 0.2) is 0 Å². The van der Waals surface area contributed by atoms with Gasteiger partial charge in [0.25, 0.3) is 0 Å². The van der Waals surface area contributed by atoms with Crippen molar-refractivity contribution in [3.05, 3.63) is 0 Å². The fourth-order valence-corrected chi connectivity index (χ4v) is 2.03. The lowest BCUT2D eigenvalue weighted by Crippen LogP contribution is -2.50. The van der Waals surface area contributed by atoms with Crippen LogP contribution in [0.5, 0.6) is 0 Å². The van der Waals surface area contributed by atoms with E-state index in [1.807, 2.05) is 0 Å². The van der Waals surface area contributed by atoms with Gasteiger partial charge in [-0.3, -0.25) is 4.90 Å². The summed E-state index contributed by atoms with van der Waals surface area (Å²) >= 11 is 0. The van der Waals surface area contributed by atoms with E-state index in [9.17, 15) is 0 Å². The van der Waals surface area contributed by atoms with Crippen molar-refractivity contribution in [1.29, 1.82) is 0 Å². The maximum Gasteiger partial charge on any atom is 0.0634 e. The molecule has 0 bridgehead atoms. The van der Waals surface area contributed by atoms with Crippen LogP contribution in [0.15, 0.2) is 0 Å². The maximum absolute atomic E-state index is 5.54. The highest BCUT2D eigenvalue weighted by molar-refractivity contribution is 4.77. The first-order valence-electron chi connectivity index (χ1n) is 6.40. The Morgan fingerprint density at radius 3 is 3.12 bits per heavy atom. The molecule has 1 rings (SSSR count). The number of hydrogen-bond acceptors (Lipinski definition) is 4. The minimum atomic E-state index is 0.539. The highest BCUT2D eigenvalue weighted by Gasteiger charge is 2.21. The molecule has 0 radical (unpaired) electrons. The summed E-state index contributed by atoms with van der Waals surface area (Å²) in [5.41, 5.74) is 0. The molecule has 1 heterocycles. The Labute approximate surface area is 99.3 Å². The lowest BCUT2D eigenvalue weighted by molar-refractivity contribution is -0.00957. The van der Waals surface area contributed by atoms with Crippen molar-refractivity contribution in [3.63, 3.8) is 0 Å². The van der Waals surface area contributed by atoms with Gasteiger partial charge < -0.3 is 14.8 Å². The Hall–Kier alpha value is -0.160. The molecule has 4 nitrogen and oxygen atoms in total. The fraction of sp³-hybridized carbons (Fsp3) is 1.00. The van der Waals surface area contributed by atoms with Crippen LogP contribution < -0.4 is 5.32 Å². The van der Waals surface area contributed by atoms with Crippen molar-refractivity contribution in [1.82, 2.24) is 10.2 Å². The van der Waals surface area contributed by atoms with Crippen LogP contribution >= 0.6 is 0 Å². The van der Waals surface area contributed by atoms with Crippen molar-refractivity contribution in [2.24, 2.45) is 0 Å². The summed E-state index contributed by atoms with van der Waals surface area (Å²) < 4.78 is 10.6. The van der Waals surface area contributed by atoms with E-state index < -0.39 is 0 Å². The first-order chi connectivity index (χ1) is 7.88. The summed E-state index contributed by atoms with van der Waals surface area (Å²) in [4.78, 5) is 2.52. The second kappa shape index (κ2) is 8.93. The number of ether oxygens (including phenoxy) is 2. The average molecular weight is 230 g/mol. The molecule has 0 aromatic carbocycles. The number of methoxy groups -OCH3 is 1. The quantitative estimate of drug-likeness (QED) is 0.623. The summed E-state index contributed by atoms with van der Waals surface area (Å²) in [6.07, 6.45) is 2.30. The minimum absolute atomic E-state index is 0.539. The van der Waals surface area contributed by atoms with Crippen LogP contribution in [0.1, 0.15) is 19.8 Å². The first kappa shape index (κ1) is 13.9. The third-order valence-electron chi connectivity index (χ3n) is 2.95. The molecule has 1 fully saturated rings. The zero-order valence-corrected chi connectivity index (χ0v) is 10.7. The second-order valence-corrected chi connectivity index (χ2v) is 4.32. The number of nitrogens with one attached hydrogen (secondary N) is 1. The molecule has 1 aliphatic heterocycles. The third-order valence-corrected chi connectivity index (χ3v) is 2.95. The lowest BCUT2D eigenvalue weighted by atomic mass is 10.2. The first-order valence-corrected chi connectivity index (χ1v) is 6.40. The van der Waals surface area contributed by atoms with Gasteiger partial charge in [-0.25, -0.2) is 0 Å². The molecule has 0 amide bonds. The standard InChI is InChI=1S/C12H26N2O2/c1-3-5-13-10-12-11-16-9-7-14(12)6-4-8-15-2/h12-13H,3-11H2,1-2H3. The molecule has 0 aliphatic carbocycles. The summed E-state index contributed by atoms with van der Waals surface area (Å²) in [5, 5.41) is 3.47. The van der Waals surface area contributed by atoms with Crippen LogP contribution in [0.4, 0.5) is 0 Å². The van der Waals surface area contributed by atoms with Gasteiger partial charge in [0.2, 0.25) is 0 Å². The molecular formula is C12H26N2O2. The zero-order chi connectivity index (χ0) is 11.6. The Morgan fingerprint density at radius 1 is 1.50 bits per heavy atom. The Balaban J connectivity index is 2.20. The van der Waals surface area contributed by atoms with E-state index in [2.05, 4.69) is 17.1 Å². The van der Waals surface area contributed by atoms with Crippen molar-refractivity contribution in [2.75, 3.05) is 53.1 Å². The highest BCUT2D eigenvalue weighted by Crippen LogP contribution is 2.06. The molecule has 1 N–H and O–H groups in total. The molecule has 1 aliphatic rings. The van der Waals surface area contributed by atoms with Crippen molar-refractivity contribution in [2.45, 2.75) is 25.8 Å². The van der Waals surface area contributed by atoms with Crippen LogP contribution in [0, 0.1) is 0 Å². The molecule has 0 aromatic rings. The molecule has 16 heavy (non-hydrogen) atoms. The zero-order valence-electron chi connectivity index (χ0n) is 10.7. The van der Waals surface area contributed by atoms with E-state index in [0.29, 0.717) is 6.04 Å². The van der Waals surface area contributed by atoms with E-state index in [1.165, 1.54) is 6.42 Å². The maximum atomic E-state index is 5.54. The van der Waals surface area contributed by atoms with Crippen LogP contribution in [0.25, 0.3) is 0 Å². The van der Waals surface area contributed by atoms with Gasteiger partial charge in [-0.15, -0.1) is 0 Å². The molecule has 0 saturated carbocycles. The lowest BCUT2D eigenvalue weighted by Gasteiger charge is -2.35. The molecule has 96 valence electrons. The molecule has 1 atom stereocenters. The summed E-state index contributed by atoms with van der Waals surface area (Å²) in [6, 6.07) is 0.539. The van der Waals surface area contributed by atoms with Crippen molar-refractivity contribution >= 4 is 0 Å². The fourth-order valence-electron chi connectivity index (χ4n) is 2.03. The average Bonchev–Trinajstić information content (AvgIpc) is 2.32. The van der Waals surface area contributed by atoms with E-state index in [1.54, 1.807) is 7.11 Å². The Morgan fingerprint density at radius 2 is 2.38 bits per heavy atom. The van der Waals surface area contributed by atoms with Crippen LogP contribution in [0.2, 0.25) is 0 Å². The summed E-state index contributed by atoms with van der Waals surface area (Å²) in [5.74, 6) is 0. The molecule has 4 heteroatoms. The van der Waals surface area contributed by atoms with Crippen molar-refractivity contribution in [3.8, 4) is 0 Å². The largest absolute Gasteiger partial charge is 0.385 e. The predicted molar refractivity (Wildman–Crippen MR) is 65.8 cm³/mol.